The van der Waals surface area contributed by atoms with Gasteiger partial charge in [0.1, 0.15) is 6.54 Å². The summed E-state index contributed by atoms with van der Waals surface area (Å²) in [4.78, 5) is 10.2. The Hall–Kier alpha value is -0.0600. The molecule has 1 atom stereocenters. The molecule has 0 radical (unpaired) electrons. The Morgan fingerprint density at radius 1 is 1.86 bits per heavy atom. The highest BCUT2D eigenvalue weighted by atomic mass is 32.2. The summed E-state index contributed by atoms with van der Waals surface area (Å²) in [7, 11) is 0. The first kappa shape index (κ1) is 5.08. The maximum absolute atomic E-state index is 10.3. The van der Waals surface area contributed by atoms with E-state index >= 15 is 0 Å². The van der Waals surface area contributed by atoms with Crippen LogP contribution in [-0.4, -0.2) is 22.1 Å². The van der Waals surface area contributed by atoms with E-state index in [0.717, 1.165) is 0 Å². The summed E-state index contributed by atoms with van der Waals surface area (Å²) in [5.41, 5.74) is 0. The molecule has 0 aromatic heterocycles. The van der Waals surface area contributed by atoms with Crippen molar-refractivity contribution in [3.63, 3.8) is 0 Å². The molecule has 0 aromatic carbocycles. The van der Waals surface area contributed by atoms with E-state index in [4.69, 9.17) is 0 Å². The SMILES string of the molecule is O=C1CNC[S+]1[O-]. The molecule has 4 heteroatoms. The van der Waals surface area contributed by atoms with E-state index in [1.54, 1.807) is 0 Å². The van der Waals surface area contributed by atoms with E-state index in [9.17, 15) is 9.35 Å². The number of hydrogen-bond donors (Lipinski definition) is 1. The molecule has 0 amide bonds. The van der Waals surface area contributed by atoms with Crippen LogP contribution in [0.3, 0.4) is 0 Å². The fourth-order valence-electron chi connectivity index (χ4n) is 0.407. The summed E-state index contributed by atoms with van der Waals surface area (Å²) in [6.45, 7) is 0.284. The number of rotatable bonds is 0. The predicted octanol–water partition coefficient (Wildman–Crippen LogP) is -1.18. The van der Waals surface area contributed by atoms with E-state index < -0.39 is 11.2 Å². The Morgan fingerprint density at radius 3 is 2.71 bits per heavy atom. The van der Waals surface area contributed by atoms with Crippen LogP contribution in [0.5, 0.6) is 0 Å². The lowest BCUT2D eigenvalue weighted by molar-refractivity contribution is -0.110. The minimum atomic E-state index is -1.22. The van der Waals surface area contributed by atoms with Gasteiger partial charge in [-0.05, 0) is 0 Å². The lowest BCUT2D eigenvalue weighted by Gasteiger charge is -1.92. The minimum Gasteiger partial charge on any atom is -0.608 e. The molecule has 7 heavy (non-hydrogen) atoms. The van der Waals surface area contributed by atoms with Crippen molar-refractivity contribution in [3.8, 4) is 0 Å². The summed E-state index contributed by atoms with van der Waals surface area (Å²) in [5, 5.41) is 2.49. The molecule has 1 N–H and O–H groups in total. The van der Waals surface area contributed by atoms with Gasteiger partial charge in [0.15, 0.2) is 5.88 Å². The molecule has 0 bridgehead atoms. The Bertz CT molecular complexity index is 94.9. The first-order valence-electron chi connectivity index (χ1n) is 1.92. The Morgan fingerprint density at radius 2 is 2.57 bits per heavy atom. The third kappa shape index (κ3) is 0.933. The van der Waals surface area contributed by atoms with Gasteiger partial charge < -0.3 is 4.55 Å². The highest BCUT2D eigenvalue weighted by Crippen LogP contribution is 1.95. The standard InChI is InChI=1S/C3H5NO2S/c5-3-1-4-2-7(3)6/h4H,1-2H2. The van der Waals surface area contributed by atoms with Gasteiger partial charge in [-0.15, -0.1) is 0 Å². The van der Waals surface area contributed by atoms with Gasteiger partial charge in [-0.3, -0.25) is 5.32 Å². The maximum atomic E-state index is 10.3. The summed E-state index contributed by atoms with van der Waals surface area (Å²) >= 11 is -1.22. The van der Waals surface area contributed by atoms with Gasteiger partial charge in [-0.25, -0.2) is 4.79 Å². The van der Waals surface area contributed by atoms with Crippen molar-refractivity contribution in [2.24, 2.45) is 0 Å². The molecule has 1 unspecified atom stereocenters. The van der Waals surface area contributed by atoms with E-state index in [1.165, 1.54) is 0 Å². The van der Waals surface area contributed by atoms with Crippen molar-refractivity contribution < 1.29 is 9.35 Å². The fraction of sp³-hybridized carbons (Fsp3) is 0.667. The van der Waals surface area contributed by atoms with Gasteiger partial charge in [0.25, 0.3) is 0 Å². The Kier molecular flexibility index (Phi) is 1.32. The van der Waals surface area contributed by atoms with Gasteiger partial charge in [0.2, 0.25) is 0 Å². The molecule has 0 aromatic rings. The second kappa shape index (κ2) is 1.81. The minimum absolute atomic E-state index is 0.181. The van der Waals surface area contributed by atoms with Crippen LogP contribution in [0, 0.1) is 0 Å². The van der Waals surface area contributed by atoms with E-state index in [2.05, 4.69) is 5.32 Å². The average molecular weight is 119 g/mol. The van der Waals surface area contributed by atoms with Crippen molar-refractivity contribution in [1.29, 1.82) is 0 Å². The lowest BCUT2D eigenvalue weighted by Crippen LogP contribution is -2.09. The third-order valence-corrected chi connectivity index (χ3v) is 1.87. The molecular weight excluding hydrogens is 114 g/mol. The largest absolute Gasteiger partial charge is 0.608 e. The average Bonchev–Trinajstić information content (AvgIpc) is 1.91. The Labute approximate surface area is 44.3 Å². The highest BCUT2D eigenvalue weighted by molar-refractivity contribution is 8.06. The molecule has 3 nitrogen and oxygen atoms in total. The molecule has 1 aliphatic rings. The monoisotopic (exact) mass is 119 g/mol. The summed E-state index contributed by atoms with van der Waals surface area (Å²) in [6.07, 6.45) is 0. The maximum Gasteiger partial charge on any atom is 0.343 e. The zero-order valence-electron chi connectivity index (χ0n) is 3.64. The van der Waals surface area contributed by atoms with Crippen LogP contribution >= 0.6 is 0 Å². The second-order valence-corrected chi connectivity index (χ2v) is 2.72. The lowest BCUT2D eigenvalue weighted by atomic mass is 10.7. The van der Waals surface area contributed by atoms with Crippen molar-refractivity contribution >= 4 is 16.3 Å². The number of hydrogen-bond acceptors (Lipinski definition) is 3. The zero-order valence-corrected chi connectivity index (χ0v) is 4.46. The molecule has 1 aliphatic heterocycles. The zero-order chi connectivity index (χ0) is 5.28. The van der Waals surface area contributed by atoms with Gasteiger partial charge >= 0.3 is 5.12 Å². The van der Waals surface area contributed by atoms with Crippen LogP contribution < -0.4 is 5.32 Å². The molecule has 1 heterocycles. The molecule has 1 rings (SSSR count). The number of carbonyl (C=O) groups is 1. The number of nitrogens with one attached hydrogen (secondary N) is 1. The number of carbonyl (C=O) groups excluding carboxylic acids is 1. The smallest absolute Gasteiger partial charge is 0.343 e. The predicted molar refractivity (Wildman–Crippen MR) is 26.0 cm³/mol. The first-order chi connectivity index (χ1) is 3.30. The molecule has 1 saturated heterocycles. The molecule has 0 spiro atoms. The van der Waals surface area contributed by atoms with Crippen LogP contribution in [0.15, 0.2) is 0 Å². The molecule has 40 valence electrons. The van der Waals surface area contributed by atoms with Crippen LogP contribution in [0.2, 0.25) is 0 Å². The van der Waals surface area contributed by atoms with Gasteiger partial charge in [-0.2, -0.15) is 0 Å². The topological polar surface area (TPSA) is 52.2 Å². The summed E-state index contributed by atoms with van der Waals surface area (Å²) in [5.74, 6) is 0.346. The van der Waals surface area contributed by atoms with Crippen molar-refractivity contribution in [2.75, 3.05) is 12.4 Å². The second-order valence-electron chi connectivity index (χ2n) is 1.29. The Balaban J connectivity index is 2.48. The third-order valence-electron chi connectivity index (χ3n) is 0.756. The van der Waals surface area contributed by atoms with Crippen molar-refractivity contribution in [3.05, 3.63) is 0 Å². The molecule has 0 aliphatic carbocycles. The highest BCUT2D eigenvalue weighted by Gasteiger charge is 2.24. The van der Waals surface area contributed by atoms with Crippen LogP contribution in [0.4, 0.5) is 0 Å². The summed E-state index contributed by atoms with van der Waals surface area (Å²) < 4.78 is 10.3. The van der Waals surface area contributed by atoms with Gasteiger partial charge in [-0.1, -0.05) is 0 Å². The van der Waals surface area contributed by atoms with Gasteiger partial charge in [0.05, 0.1) is 0 Å². The van der Waals surface area contributed by atoms with E-state index in [1.807, 2.05) is 0 Å². The molecule has 0 saturated carbocycles. The first-order valence-corrected chi connectivity index (χ1v) is 3.24. The molecule has 1 fully saturated rings. The van der Waals surface area contributed by atoms with Crippen LogP contribution in [0.1, 0.15) is 0 Å². The van der Waals surface area contributed by atoms with Gasteiger partial charge in [0, 0.05) is 11.2 Å². The van der Waals surface area contributed by atoms with E-state index in [0.29, 0.717) is 5.88 Å². The normalized spacial score (nSPS) is 31.6. The van der Waals surface area contributed by atoms with E-state index in [-0.39, 0.29) is 11.7 Å². The quantitative estimate of drug-likeness (QED) is 0.408. The van der Waals surface area contributed by atoms with Crippen molar-refractivity contribution in [2.45, 2.75) is 0 Å². The summed E-state index contributed by atoms with van der Waals surface area (Å²) in [6, 6.07) is 0. The van der Waals surface area contributed by atoms with Crippen LogP contribution in [0.25, 0.3) is 0 Å². The van der Waals surface area contributed by atoms with Crippen molar-refractivity contribution in [1.82, 2.24) is 5.32 Å². The van der Waals surface area contributed by atoms with Crippen LogP contribution in [-0.2, 0) is 16.0 Å². The molecular formula is C3H5NO2S. The fourth-order valence-corrected chi connectivity index (χ4v) is 1.12.